The molecule has 7 nitrogen and oxygen atoms in total. The van der Waals surface area contributed by atoms with Crippen molar-refractivity contribution in [3.63, 3.8) is 0 Å². The molecule has 0 aliphatic carbocycles. The van der Waals surface area contributed by atoms with E-state index in [0.29, 0.717) is 17.3 Å². The smallest absolute Gasteiger partial charge is 0.276 e. The van der Waals surface area contributed by atoms with Gasteiger partial charge in [0.15, 0.2) is 11.6 Å². The monoisotopic (exact) mass is 255 g/mol. The summed E-state index contributed by atoms with van der Waals surface area (Å²) in [6, 6.07) is 5.15. The number of nitrogens with two attached hydrogens (primary N) is 1. The first-order valence-electron chi connectivity index (χ1n) is 5.47. The average molecular weight is 255 g/mol. The second kappa shape index (κ2) is 4.37. The maximum absolute atomic E-state index is 11.4. The van der Waals surface area contributed by atoms with Crippen molar-refractivity contribution in [3.05, 3.63) is 42.1 Å². The molecule has 0 radical (unpaired) electrons. The third kappa shape index (κ3) is 2.21. The molecule has 0 aromatic carbocycles. The number of carbonyl (C=O) groups excluding carboxylic acids is 1. The van der Waals surface area contributed by atoms with Crippen molar-refractivity contribution in [3.8, 4) is 11.6 Å². The highest BCUT2D eigenvalue weighted by Crippen LogP contribution is 2.20. The number of rotatable bonds is 2. The van der Waals surface area contributed by atoms with Crippen LogP contribution in [0.25, 0.3) is 17.7 Å². The first-order valence-corrected chi connectivity index (χ1v) is 5.47. The molecular weight excluding hydrogens is 246 g/mol. The van der Waals surface area contributed by atoms with E-state index in [1.165, 1.54) is 6.08 Å². The van der Waals surface area contributed by atoms with Crippen molar-refractivity contribution in [2.45, 2.75) is 0 Å². The number of aliphatic imine (C=N–C) groups is 1. The maximum Gasteiger partial charge on any atom is 0.276 e. The Hall–Kier alpha value is -2.96. The minimum Gasteiger partial charge on any atom is -0.453 e. The maximum atomic E-state index is 11.4. The Morgan fingerprint density at radius 3 is 2.74 bits per heavy atom. The number of hydrogen-bond donors (Lipinski definition) is 2. The molecule has 1 amide bonds. The van der Waals surface area contributed by atoms with Crippen molar-refractivity contribution in [2.75, 3.05) is 0 Å². The second-order valence-corrected chi connectivity index (χ2v) is 3.76. The number of amides is 1. The van der Waals surface area contributed by atoms with Crippen molar-refractivity contribution in [2.24, 2.45) is 10.7 Å². The van der Waals surface area contributed by atoms with E-state index in [2.05, 4.69) is 20.3 Å². The number of carbonyl (C=O) groups is 1. The van der Waals surface area contributed by atoms with Gasteiger partial charge in [0, 0.05) is 18.5 Å². The van der Waals surface area contributed by atoms with Crippen molar-refractivity contribution in [1.29, 1.82) is 0 Å². The molecule has 7 heteroatoms. The van der Waals surface area contributed by atoms with Crippen LogP contribution in [0.4, 0.5) is 0 Å². The normalized spacial score (nSPS) is 16.5. The summed E-state index contributed by atoms with van der Waals surface area (Å²) >= 11 is 0. The van der Waals surface area contributed by atoms with Gasteiger partial charge in [-0.05, 0) is 18.2 Å². The fourth-order valence-electron chi connectivity index (χ4n) is 1.60. The highest BCUT2D eigenvalue weighted by molar-refractivity contribution is 6.13. The number of aromatic nitrogens is 2. The van der Waals surface area contributed by atoms with Crippen LogP contribution in [0.5, 0.6) is 0 Å². The summed E-state index contributed by atoms with van der Waals surface area (Å²) in [5.41, 5.74) is 5.59. The summed E-state index contributed by atoms with van der Waals surface area (Å²) < 4.78 is 5.52. The molecule has 0 saturated carbocycles. The highest BCUT2D eigenvalue weighted by atomic mass is 16.3. The van der Waals surface area contributed by atoms with Crippen LogP contribution < -0.4 is 11.1 Å². The number of furan rings is 1. The number of hydrogen-bond acceptors (Lipinski definition) is 6. The molecule has 0 unspecified atom stereocenters. The molecule has 2 aromatic heterocycles. The van der Waals surface area contributed by atoms with Crippen LogP contribution in [0.15, 0.2) is 45.7 Å². The second-order valence-electron chi connectivity index (χ2n) is 3.76. The summed E-state index contributed by atoms with van der Waals surface area (Å²) in [4.78, 5) is 23.4. The van der Waals surface area contributed by atoms with E-state index < -0.39 is 0 Å². The lowest BCUT2D eigenvalue weighted by Crippen LogP contribution is -2.30. The Labute approximate surface area is 107 Å². The molecule has 3 heterocycles. The minimum absolute atomic E-state index is 0.0782. The van der Waals surface area contributed by atoms with Crippen molar-refractivity contribution in [1.82, 2.24) is 15.3 Å². The fraction of sp³-hybridized carbons (Fsp3) is 0. The van der Waals surface area contributed by atoms with Crippen LogP contribution in [0.1, 0.15) is 5.76 Å². The van der Waals surface area contributed by atoms with Crippen LogP contribution in [0, 0.1) is 0 Å². The lowest BCUT2D eigenvalue weighted by atomic mass is 10.3. The lowest BCUT2D eigenvalue weighted by molar-refractivity contribution is -0.115. The Morgan fingerprint density at radius 1 is 1.26 bits per heavy atom. The van der Waals surface area contributed by atoms with E-state index >= 15 is 0 Å². The Kier molecular flexibility index (Phi) is 2.57. The Balaban J connectivity index is 1.91. The SMILES string of the molecule is NC1=NC(=Cc2ccc(-c3ncccn3)o2)C(=O)N1. The van der Waals surface area contributed by atoms with E-state index in [1.807, 2.05) is 0 Å². The topological polar surface area (TPSA) is 106 Å². The zero-order valence-electron chi connectivity index (χ0n) is 9.70. The molecule has 0 spiro atoms. The summed E-state index contributed by atoms with van der Waals surface area (Å²) in [6.07, 6.45) is 4.75. The molecule has 1 aliphatic heterocycles. The summed E-state index contributed by atoms with van der Waals surface area (Å²) in [7, 11) is 0. The van der Waals surface area contributed by atoms with Crippen LogP contribution in [-0.4, -0.2) is 21.8 Å². The molecule has 1 aliphatic rings. The van der Waals surface area contributed by atoms with E-state index in [-0.39, 0.29) is 17.6 Å². The Bertz CT molecular complexity index is 687. The van der Waals surface area contributed by atoms with Crippen molar-refractivity contribution < 1.29 is 9.21 Å². The highest BCUT2D eigenvalue weighted by Gasteiger charge is 2.18. The van der Waals surface area contributed by atoms with Crippen LogP contribution in [0.2, 0.25) is 0 Å². The summed E-state index contributed by atoms with van der Waals surface area (Å²) in [6.45, 7) is 0. The zero-order chi connectivity index (χ0) is 13.2. The first kappa shape index (κ1) is 11.1. The van der Waals surface area contributed by atoms with Gasteiger partial charge in [-0.2, -0.15) is 0 Å². The lowest BCUT2D eigenvalue weighted by Gasteiger charge is -1.93. The van der Waals surface area contributed by atoms with E-state index in [0.717, 1.165) is 0 Å². The van der Waals surface area contributed by atoms with Gasteiger partial charge in [-0.1, -0.05) is 0 Å². The molecule has 0 atom stereocenters. The average Bonchev–Trinajstić information content (AvgIpc) is 2.99. The van der Waals surface area contributed by atoms with Gasteiger partial charge in [0.2, 0.25) is 5.96 Å². The minimum atomic E-state index is -0.355. The molecule has 3 N–H and O–H groups in total. The van der Waals surface area contributed by atoms with E-state index in [4.69, 9.17) is 10.2 Å². The third-order valence-electron chi connectivity index (χ3n) is 2.41. The van der Waals surface area contributed by atoms with Crippen molar-refractivity contribution >= 4 is 17.9 Å². The fourth-order valence-corrected chi connectivity index (χ4v) is 1.60. The standard InChI is InChI=1S/C12H9N5O2/c13-12-16-8(11(18)17-12)6-7-2-3-9(19-7)10-14-4-1-5-15-10/h1-6H,(H3,13,16,17,18). The van der Waals surface area contributed by atoms with Gasteiger partial charge in [-0.15, -0.1) is 0 Å². The molecule has 0 fully saturated rings. The van der Waals surface area contributed by atoms with Gasteiger partial charge in [-0.3, -0.25) is 10.1 Å². The summed E-state index contributed by atoms with van der Waals surface area (Å²) in [5, 5.41) is 2.38. The largest absolute Gasteiger partial charge is 0.453 e. The quantitative estimate of drug-likeness (QED) is 0.761. The van der Waals surface area contributed by atoms with Gasteiger partial charge >= 0.3 is 0 Å². The third-order valence-corrected chi connectivity index (χ3v) is 2.41. The van der Waals surface area contributed by atoms with Gasteiger partial charge < -0.3 is 10.2 Å². The first-order chi connectivity index (χ1) is 9.22. The number of nitrogens with one attached hydrogen (secondary N) is 1. The van der Waals surface area contributed by atoms with Crippen LogP contribution in [-0.2, 0) is 4.79 Å². The van der Waals surface area contributed by atoms with Gasteiger partial charge in [0.25, 0.3) is 5.91 Å². The van der Waals surface area contributed by atoms with Crippen LogP contribution >= 0.6 is 0 Å². The molecule has 3 rings (SSSR count). The Morgan fingerprint density at radius 2 is 2.05 bits per heavy atom. The molecule has 19 heavy (non-hydrogen) atoms. The predicted octanol–water partition coefficient (Wildman–Crippen LogP) is 0.522. The van der Waals surface area contributed by atoms with E-state index in [1.54, 1.807) is 30.6 Å². The predicted molar refractivity (Wildman–Crippen MR) is 67.5 cm³/mol. The van der Waals surface area contributed by atoms with Gasteiger partial charge in [0.1, 0.15) is 11.5 Å². The van der Waals surface area contributed by atoms with Crippen LogP contribution in [0.3, 0.4) is 0 Å². The van der Waals surface area contributed by atoms with E-state index in [9.17, 15) is 4.79 Å². The zero-order valence-corrected chi connectivity index (χ0v) is 9.70. The molecule has 2 aromatic rings. The molecule has 0 saturated heterocycles. The van der Waals surface area contributed by atoms with Gasteiger partial charge in [-0.25, -0.2) is 15.0 Å². The molecular formula is C12H9N5O2. The number of guanidine groups is 1. The molecule has 0 bridgehead atoms. The summed E-state index contributed by atoms with van der Waals surface area (Å²) in [5.74, 6) is 1.20. The van der Waals surface area contributed by atoms with Gasteiger partial charge in [0.05, 0.1) is 0 Å². The number of nitrogens with zero attached hydrogens (tertiary/aromatic N) is 3. The molecule has 94 valence electrons.